The van der Waals surface area contributed by atoms with Gasteiger partial charge in [0.25, 0.3) is 5.91 Å². The molecule has 0 aromatic heterocycles. The Labute approximate surface area is 177 Å². The van der Waals surface area contributed by atoms with Crippen LogP contribution in [0.4, 0.5) is 5.69 Å². The number of para-hydroxylation sites is 1. The van der Waals surface area contributed by atoms with Gasteiger partial charge in [-0.3, -0.25) is 9.59 Å². The maximum Gasteiger partial charge on any atom is 0.255 e. The normalized spacial score (nSPS) is 15.3. The van der Waals surface area contributed by atoms with E-state index in [1.807, 2.05) is 0 Å². The summed E-state index contributed by atoms with van der Waals surface area (Å²) in [6.45, 7) is 2.33. The Morgan fingerprint density at radius 3 is 2.30 bits per heavy atom. The van der Waals surface area contributed by atoms with Crippen LogP contribution in [0.5, 0.6) is 5.75 Å². The van der Waals surface area contributed by atoms with E-state index in [-0.39, 0.29) is 22.0 Å². The van der Waals surface area contributed by atoms with Gasteiger partial charge in [0, 0.05) is 24.2 Å². The van der Waals surface area contributed by atoms with Crippen LogP contribution < -0.4 is 10.1 Å². The largest absolute Gasteiger partial charge is 0.495 e. The summed E-state index contributed by atoms with van der Waals surface area (Å²) in [5.74, 6) is -0.483. The lowest BCUT2D eigenvalue weighted by molar-refractivity contribution is 0.101. The average Bonchev–Trinajstić information content (AvgIpc) is 3.03. The molecule has 2 aromatic carbocycles. The number of carbonyl (C=O) groups excluding carboxylic acids is 2. The Morgan fingerprint density at radius 1 is 1.00 bits per heavy atom. The molecule has 1 N–H and O–H groups in total. The van der Waals surface area contributed by atoms with Gasteiger partial charge in [-0.15, -0.1) is 0 Å². The van der Waals surface area contributed by atoms with E-state index in [9.17, 15) is 18.0 Å². The highest BCUT2D eigenvalue weighted by Crippen LogP contribution is 2.30. The molecule has 1 aliphatic rings. The third kappa shape index (κ3) is 4.71. The Balaban J connectivity index is 1.94. The zero-order valence-electron chi connectivity index (χ0n) is 17.2. The van der Waals surface area contributed by atoms with Crippen molar-refractivity contribution in [2.45, 2.75) is 37.5 Å². The number of nitrogens with zero attached hydrogens (tertiary/aromatic N) is 1. The van der Waals surface area contributed by atoms with Gasteiger partial charge in [0.2, 0.25) is 10.0 Å². The second-order valence-electron chi connectivity index (χ2n) is 7.24. The van der Waals surface area contributed by atoms with Gasteiger partial charge < -0.3 is 10.1 Å². The Kier molecular flexibility index (Phi) is 6.89. The van der Waals surface area contributed by atoms with Gasteiger partial charge in [0.05, 0.1) is 12.8 Å². The molecule has 7 nitrogen and oxygen atoms in total. The minimum absolute atomic E-state index is 0.0283. The summed E-state index contributed by atoms with van der Waals surface area (Å²) in [5, 5.41) is 2.70. The number of ketones is 1. The van der Waals surface area contributed by atoms with E-state index in [4.69, 9.17) is 4.74 Å². The number of hydrogen-bond donors (Lipinski definition) is 1. The summed E-state index contributed by atoms with van der Waals surface area (Å²) in [6, 6.07) is 11.0. The molecule has 0 saturated carbocycles. The van der Waals surface area contributed by atoms with Crippen LogP contribution in [0, 0.1) is 0 Å². The zero-order chi connectivity index (χ0) is 21.7. The van der Waals surface area contributed by atoms with E-state index >= 15 is 0 Å². The lowest BCUT2D eigenvalue weighted by Gasteiger charge is -2.21. The lowest BCUT2D eigenvalue weighted by atomic mass is 10.1. The Bertz CT molecular complexity index is 1040. The number of rotatable bonds is 6. The maximum absolute atomic E-state index is 13.3. The number of benzene rings is 2. The predicted molar refractivity (Wildman–Crippen MR) is 115 cm³/mol. The highest BCUT2D eigenvalue weighted by Gasteiger charge is 2.29. The molecule has 1 saturated heterocycles. The van der Waals surface area contributed by atoms with Crippen LogP contribution in [-0.2, 0) is 10.0 Å². The molecule has 0 aliphatic carbocycles. The van der Waals surface area contributed by atoms with E-state index in [0.29, 0.717) is 24.3 Å². The SMILES string of the molecule is COc1ccc(C(=O)Nc2ccccc2C(C)=O)cc1S(=O)(=O)N1CCCCCC1. The summed E-state index contributed by atoms with van der Waals surface area (Å²) in [6.07, 6.45) is 3.62. The van der Waals surface area contributed by atoms with Crippen LogP contribution in [-0.4, -0.2) is 44.6 Å². The molecule has 30 heavy (non-hydrogen) atoms. The molecule has 160 valence electrons. The van der Waals surface area contributed by atoms with Crippen molar-refractivity contribution in [3.63, 3.8) is 0 Å². The summed E-state index contributed by atoms with van der Waals surface area (Å²) >= 11 is 0. The van der Waals surface area contributed by atoms with Crippen molar-refractivity contribution < 1.29 is 22.7 Å². The molecule has 1 fully saturated rings. The van der Waals surface area contributed by atoms with E-state index in [1.54, 1.807) is 24.3 Å². The molecule has 0 unspecified atom stereocenters. The third-order valence-electron chi connectivity index (χ3n) is 5.16. The van der Waals surface area contributed by atoms with Crippen molar-refractivity contribution in [2.24, 2.45) is 0 Å². The highest BCUT2D eigenvalue weighted by atomic mass is 32.2. The topological polar surface area (TPSA) is 92.8 Å². The van der Waals surface area contributed by atoms with E-state index in [1.165, 1.54) is 36.5 Å². The molecule has 0 spiro atoms. The minimum Gasteiger partial charge on any atom is -0.495 e. The zero-order valence-corrected chi connectivity index (χ0v) is 18.0. The fourth-order valence-electron chi connectivity index (χ4n) is 3.53. The predicted octanol–water partition coefficient (Wildman–Crippen LogP) is 3.71. The maximum atomic E-state index is 13.3. The van der Waals surface area contributed by atoms with Crippen LogP contribution in [0.15, 0.2) is 47.4 Å². The number of methoxy groups -OCH3 is 1. The average molecular weight is 431 g/mol. The number of ether oxygens (including phenoxy) is 1. The van der Waals surface area contributed by atoms with Crippen molar-refractivity contribution in [3.05, 3.63) is 53.6 Å². The molecule has 8 heteroatoms. The van der Waals surface area contributed by atoms with Crippen LogP contribution in [0.3, 0.4) is 0 Å². The van der Waals surface area contributed by atoms with Crippen molar-refractivity contribution in [2.75, 3.05) is 25.5 Å². The molecular weight excluding hydrogens is 404 g/mol. The smallest absolute Gasteiger partial charge is 0.255 e. The number of Topliss-reactive ketones (excluding diaryl/α,β-unsaturated/α-hetero) is 1. The van der Waals surface area contributed by atoms with Gasteiger partial charge in [0.15, 0.2) is 5.78 Å². The summed E-state index contributed by atoms with van der Waals surface area (Å²) < 4.78 is 33.3. The Morgan fingerprint density at radius 2 is 1.67 bits per heavy atom. The van der Waals surface area contributed by atoms with Gasteiger partial charge >= 0.3 is 0 Å². The van der Waals surface area contributed by atoms with Gasteiger partial charge in [-0.2, -0.15) is 4.31 Å². The van der Waals surface area contributed by atoms with Crippen LogP contribution in [0.2, 0.25) is 0 Å². The molecule has 0 bridgehead atoms. The van der Waals surface area contributed by atoms with Crippen molar-refractivity contribution >= 4 is 27.4 Å². The first-order chi connectivity index (χ1) is 14.3. The third-order valence-corrected chi connectivity index (χ3v) is 7.08. The highest BCUT2D eigenvalue weighted by molar-refractivity contribution is 7.89. The number of sulfonamides is 1. The number of amides is 1. The van der Waals surface area contributed by atoms with E-state index in [0.717, 1.165) is 25.7 Å². The molecule has 2 aromatic rings. The summed E-state index contributed by atoms with van der Waals surface area (Å²) in [5.41, 5.74) is 0.932. The van der Waals surface area contributed by atoms with Crippen LogP contribution in [0.25, 0.3) is 0 Å². The van der Waals surface area contributed by atoms with Crippen molar-refractivity contribution in [3.8, 4) is 5.75 Å². The lowest BCUT2D eigenvalue weighted by Crippen LogP contribution is -2.32. The molecule has 3 rings (SSSR count). The first-order valence-corrected chi connectivity index (χ1v) is 11.4. The molecular formula is C22H26N2O5S. The first-order valence-electron chi connectivity index (χ1n) is 9.94. The second-order valence-corrected chi connectivity index (χ2v) is 9.15. The van der Waals surface area contributed by atoms with Crippen molar-refractivity contribution in [1.82, 2.24) is 4.31 Å². The van der Waals surface area contributed by atoms with E-state index < -0.39 is 15.9 Å². The van der Waals surface area contributed by atoms with E-state index in [2.05, 4.69) is 5.32 Å². The fourth-order valence-corrected chi connectivity index (χ4v) is 5.23. The van der Waals surface area contributed by atoms with Gasteiger partial charge in [-0.1, -0.05) is 25.0 Å². The van der Waals surface area contributed by atoms with Gasteiger partial charge in [0.1, 0.15) is 10.6 Å². The molecule has 0 atom stereocenters. The molecule has 1 heterocycles. The molecule has 1 amide bonds. The van der Waals surface area contributed by atoms with Crippen LogP contribution in [0.1, 0.15) is 53.3 Å². The number of carbonyl (C=O) groups is 2. The molecule has 0 radical (unpaired) electrons. The molecule has 1 aliphatic heterocycles. The van der Waals surface area contributed by atoms with Gasteiger partial charge in [-0.05, 0) is 50.1 Å². The number of hydrogen-bond acceptors (Lipinski definition) is 5. The van der Waals surface area contributed by atoms with Crippen molar-refractivity contribution in [1.29, 1.82) is 0 Å². The van der Waals surface area contributed by atoms with Gasteiger partial charge in [-0.25, -0.2) is 8.42 Å². The summed E-state index contributed by atoms with van der Waals surface area (Å²) in [7, 11) is -2.40. The fraction of sp³-hybridized carbons (Fsp3) is 0.364. The number of nitrogens with one attached hydrogen (secondary N) is 1. The number of anilines is 1. The first kappa shape index (κ1) is 22.0. The monoisotopic (exact) mass is 430 g/mol. The van der Waals surface area contributed by atoms with Crippen LogP contribution >= 0.6 is 0 Å². The summed E-state index contributed by atoms with van der Waals surface area (Å²) in [4.78, 5) is 24.6. The quantitative estimate of drug-likeness (QED) is 0.705. The second kappa shape index (κ2) is 9.40. The standard InChI is InChI=1S/C22H26N2O5S/c1-16(25)18-9-5-6-10-19(18)23-22(26)17-11-12-20(29-2)21(15-17)30(27,28)24-13-7-3-4-8-14-24/h5-6,9-12,15H,3-4,7-8,13-14H2,1-2H3,(H,23,26). The minimum atomic E-state index is -3.80. The Hall–Kier alpha value is -2.71.